The SMILES string of the molecule is CCOC(=O)CNc1cccc2cc(Br)cnc12. The molecule has 0 aliphatic heterocycles. The fourth-order valence-corrected chi connectivity index (χ4v) is 2.01. The molecule has 2 aromatic rings. The van der Waals surface area contributed by atoms with Crippen LogP contribution < -0.4 is 5.32 Å². The van der Waals surface area contributed by atoms with Crippen LogP contribution in [0.3, 0.4) is 0 Å². The van der Waals surface area contributed by atoms with Crippen LogP contribution in [-0.4, -0.2) is 24.1 Å². The van der Waals surface area contributed by atoms with Crippen LogP contribution in [0.2, 0.25) is 0 Å². The topological polar surface area (TPSA) is 51.2 Å². The number of hydrogen-bond acceptors (Lipinski definition) is 4. The van der Waals surface area contributed by atoms with Crippen molar-refractivity contribution in [3.8, 4) is 0 Å². The van der Waals surface area contributed by atoms with Gasteiger partial charge in [-0.1, -0.05) is 12.1 Å². The summed E-state index contributed by atoms with van der Waals surface area (Å²) in [5, 5.41) is 4.05. The van der Waals surface area contributed by atoms with Gasteiger partial charge in [-0.3, -0.25) is 9.78 Å². The van der Waals surface area contributed by atoms with Gasteiger partial charge in [0.05, 0.1) is 17.8 Å². The summed E-state index contributed by atoms with van der Waals surface area (Å²) in [7, 11) is 0. The molecule has 18 heavy (non-hydrogen) atoms. The van der Waals surface area contributed by atoms with Crippen LogP contribution in [0, 0.1) is 0 Å². The van der Waals surface area contributed by atoms with Crippen LogP contribution in [0.4, 0.5) is 5.69 Å². The van der Waals surface area contributed by atoms with Crippen molar-refractivity contribution in [3.63, 3.8) is 0 Å². The predicted octanol–water partition coefficient (Wildman–Crippen LogP) is 2.97. The molecule has 1 N–H and O–H groups in total. The number of anilines is 1. The highest BCUT2D eigenvalue weighted by Gasteiger charge is 2.05. The van der Waals surface area contributed by atoms with Crippen molar-refractivity contribution in [2.75, 3.05) is 18.5 Å². The molecule has 0 amide bonds. The number of esters is 1. The minimum atomic E-state index is -0.272. The molecule has 0 aliphatic rings. The molecule has 0 bridgehead atoms. The Balaban J connectivity index is 2.20. The third-order valence-electron chi connectivity index (χ3n) is 2.41. The molecule has 0 atom stereocenters. The minimum Gasteiger partial charge on any atom is -0.465 e. The third kappa shape index (κ3) is 2.98. The number of pyridine rings is 1. The van der Waals surface area contributed by atoms with Gasteiger partial charge in [0.1, 0.15) is 6.54 Å². The number of ether oxygens (including phenoxy) is 1. The maximum atomic E-state index is 11.3. The minimum absolute atomic E-state index is 0.144. The Morgan fingerprint density at radius 1 is 1.50 bits per heavy atom. The first kappa shape index (κ1) is 12.8. The summed E-state index contributed by atoms with van der Waals surface area (Å²) < 4.78 is 5.79. The summed E-state index contributed by atoms with van der Waals surface area (Å²) in [4.78, 5) is 15.6. The molecule has 0 aliphatic carbocycles. The number of aromatic nitrogens is 1. The standard InChI is InChI=1S/C13H13BrN2O2/c1-2-18-12(17)8-15-11-5-3-4-9-6-10(14)7-16-13(9)11/h3-7,15H,2,8H2,1H3. The van der Waals surface area contributed by atoms with E-state index in [1.807, 2.05) is 24.3 Å². The van der Waals surface area contributed by atoms with E-state index in [4.69, 9.17) is 4.74 Å². The van der Waals surface area contributed by atoms with Crippen molar-refractivity contribution in [1.82, 2.24) is 4.98 Å². The zero-order chi connectivity index (χ0) is 13.0. The van der Waals surface area contributed by atoms with Crippen molar-refractivity contribution in [2.24, 2.45) is 0 Å². The normalized spacial score (nSPS) is 10.3. The maximum absolute atomic E-state index is 11.3. The van der Waals surface area contributed by atoms with Crippen LogP contribution in [0.1, 0.15) is 6.92 Å². The molecule has 0 unspecified atom stereocenters. The van der Waals surface area contributed by atoms with E-state index >= 15 is 0 Å². The van der Waals surface area contributed by atoms with Crippen LogP contribution >= 0.6 is 15.9 Å². The number of nitrogens with zero attached hydrogens (tertiary/aromatic N) is 1. The van der Waals surface area contributed by atoms with Crippen LogP contribution in [0.15, 0.2) is 34.9 Å². The highest BCUT2D eigenvalue weighted by atomic mass is 79.9. The summed E-state index contributed by atoms with van der Waals surface area (Å²) in [6, 6.07) is 7.77. The van der Waals surface area contributed by atoms with E-state index in [1.165, 1.54) is 0 Å². The van der Waals surface area contributed by atoms with Crippen LogP contribution in [-0.2, 0) is 9.53 Å². The first-order chi connectivity index (χ1) is 8.70. The second-order valence-corrected chi connectivity index (χ2v) is 4.61. The van der Waals surface area contributed by atoms with Gasteiger partial charge >= 0.3 is 5.97 Å². The van der Waals surface area contributed by atoms with E-state index in [1.54, 1.807) is 13.1 Å². The molecule has 94 valence electrons. The lowest BCUT2D eigenvalue weighted by molar-refractivity contribution is -0.140. The Kier molecular flexibility index (Phi) is 4.15. The van der Waals surface area contributed by atoms with E-state index < -0.39 is 0 Å². The zero-order valence-electron chi connectivity index (χ0n) is 9.94. The smallest absolute Gasteiger partial charge is 0.325 e. The van der Waals surface area contributed by atoms with Gasteiger partial charge in [-0.2, -0.15) is 0 Å². The van der Waals surface area contributed by atoms with Crippen molar-refractivity contribution < 1.29 is 9.53 Å². The molecule has 0 radical (unpaired) electrons. The summed E-state index contributed by atoms with van der Waals surface area (Å²) in [6.07, 6.45) is 1.73. The Morgan fingerprint density at radius 3 is 3.11 bits per heavy atom. The molecule has 0 fully saturated rings. The number of para-hydroxylation sites is 1. The van der Waals surface area contributed by atoms with Gasteiger partial charge in [-0.15, -0.1) is 0 Å². The molecule has 2 rings (SSSR count). The summed E-state index contributed by atoms with van der Waals surface area (Å²) >= 11 is 3.38. The molecule has 5 heteroatoms. The van der Waals surface area contributed by atoms with Gasteiger partial charge in [0.25, 0.3) is 0 Å². The van der Waals surface area contributed by atoms with Crippen molar-refractivity contribution in [2.45, 2.75) is 6.92 Å². The molecular weight excluding hydrogens is 296 g/mol. The zero-order valence-corrected chi connectivity index (χ0v) is 11.5. The Bertz CT molecular complexity index is 572. The molecular formula is C13H13BrN2O2. The largest absolute Gasteiger partial charge is 0.465 e. The molecule has 0 saturated carbocycles. The van der Waals surface area contributed by atoms with Gasteiger partial charge in [-0.05, 0) is 35.0 Å². The van der Waals surface area contributed by atoms with Crippen molar-refractivity contribution in [3.05, 3.63) is 34.9 Å². The number of carbonyl (C=O) groups is 1. The number of carbonyl (C=O) groups excluding carboxylic acids is 1. The van der Waals surface area contributed by atoms with Crippen LogP contribution in [0.5, 0.6) is 0 Å². The fraction of sp³-hybridized carbons (Fsp3) is 0.231. The van der Waals surface area contributed by atoms with E-state index in [0.29, 0.717) is 6.61 Å². The van der Waals surface area contributed by atoms with Gasteiger partial charge in [0, 0.05) is 16.1 Å². The highest BCUT2D eigenvalue weighted by Crippen LogP contribution is 2.23. The van der Waals surface area contributed by atoms with E-state index in [-0.39, 0.29) is 12.5 Å². The van der Waals surface area contributed by atoms with Gasteiger partial charge in [0.2, 0.25) is 0 Å². The molecule has 1 heterocycles. The number of nitrogens with one attached hydrogen (secondary N) is 1. The van der Waals surface area contributed by atoms with E-state index in [9.17, 15) is 4.79 Å². The van der Waals surface area contributed by atoms with Gasteiger partial charge in [0.15, 0.2) is 0 Å². The quantitative estimate of drug-likeness (QED) is 0.882. The number of benzene rings is 1. The first-order valence-corrected chi connectivity index (χ1v) is 6.43. The van der Waals surface area contributed by atoms with Gasteiger partial charge < -0.3 is 10.1 Å². The first-order valence-electron chi connectivity index (χ1n) is 5.64. The van der Waals surface area contributed by atoms with Crippen LogP contribution in [0.25, 0.3) is 10.9 Å². The molecule has 1 aromatic heterocycles. The number of halogens is 1. The molecule has 0 spiro atoms. The average Bonchev–Trinajstić information content (AvgIpc) is 2.36. The molecule has 1 aromatic carbocycles. The maximum Gasteiger partial charge on any atom is 0.325 e. The number of fused-ring (bicyclic) bond motifs is 1. The number of rotatable bonds is 4. The fourth-order valence-electron chi connectivity index (χ4n) is 1.66. The van der Waals surface area contributed by atoms with Crippen molar-refractivity contribution >= 4 is 38.5 Å². The Hall–Kier alpha value is -1.62. The third-order valence-corrected chi connectivity index (χ3v) is 2.84. The summed E-state index contributed by atoms with van der Waals surface area (Å²) in [5.41, 5.74) is 1.66. The summed E-state index contributed by atoms with van der Waals surface area (Å²) in [5.74, 6) is -0.272. The van der Waals surface area contributed by atoms with Gasteiger partial charge in [-0.25, -0.2) is 0 Å². The Labute approximate surface area is 113 Å². The van der Waals surface area contributed by atoms with E-state index in [2.05, 4.69) is 26.2 Å². The number of hydrogen-bond donors (Lipinski definition) is 1. The lowest BCUT2D eigenvalue weighted by atomic mass is 10.2. The summed E-state index contributed by atoms with van der Waals surface area (Å²) in [6.45, 7) is 2.32. The molecule has 4 nitrogen and oxygen atoms in total. The average molecular weight is 309 g/mol. The van der Waals surface area contributed by atoms with E-state index in [0.717, 1.165) is 21.1 Å². The lowest BCUT2D eigenvalue weighted by Gasteiger charge is -2.08. The molecule has 0 saturated heterocycles. The monoisotopic (exact) mass is 308 g/mol. The van der Waals surface area contributed by atoms with Crippen molar-refractivity contribution in [1.29, 1.82) is 0 Å². The highest BCUT2D eigenvalue weighted by molar-refractivity contribution is 9.10. The lowest BCUT2D eigenvalue weighted by Crippen LogP contribution is -2.16. The Morgan fingerprint density at radius 2 is 2.33 bits per heavy atom. The second-order valence-electron chi connectivity index (χ2n) is 3.69. The predicted molar refractivity (Wildman–Crippen MR) is 74.6 cm³/mol. The second kappa shape index (κ2) is 5.82.